The standard InChI is InChI=1S/C13H7F2N2.C12H8F2N.2C11H7F2N2.2C6H8N2O2.C6H5NO2.4Ir/c1-8-5-6-17-11(7-8)9-3-4-10(14)13(16-2)12(9)15;1-8-4-5-15-12(6-8)10-3-2-9(13)7-11(10)14;2*1-7-4-5-14-9(6-7)8-2-3-10(12)15-11(8)13;2*1-4-3-5(6(9)10)7-8(4)2;8-6(9)5-3-1-2-4-7-5;;;;/h4-7H,1H3;2,4-7H,1H3;2*3-6H,1H3;2*3H,1-2H3,(H,9,10);1-4H,(H,8,9);;;;/q4*-1;;;;;;;. The molecular weight excluding hydrogens is 1970 g/mol. The number of nitrogens with zero attached hydrogens (tertiary/aromatic N) is 12. The van der Waals surface area contributed by atoms with Gasteiger partial charge in [-0.2, -0.15) is 10.2 Å². The second-order valence-electron chi connectivity index (χ2n) is 18.7. The Balaban J connectivity index is 0.000000556. The summed E-state index contributed by atoms with van der Waals surface area (Å²) < 4.78 is 108. The van der Waals surface area contributed by atoms with E-state index in [2.05, 4.69) is 74.2 Å². The van der Waals surface area contributed by atoms with Crippen LogP contribution in [0, 0.1) is 119 Å². The summed E-state index contributed by atoms with van der Waals surface area (Å²) in [6.07, 6.45) is 7.67. The predicted molar refractivity (Wildman–Crippen MR) is 316 cm³/mol. The van der Waals surface area contributed by atoms with Gasteiger partial charge in [0.1, 0.15) is 29.5 Å². The van der Waals surface area contributed by atoms with Crippen LogP contribution in [-0.4, -0.2) is 87.7 Å². The molecule has 0 saturated carbocycles. The third-order valence-corrected chi connectivity index (χ3v) is 11.7. The van der Waals surface area contributed by atoms with Gasteiger partial charge in [0.05, 0.1) is 6.57 Å². The van der Waals surface area contributed by atoms with E-state index >= 15 is 0 Å². The average molecular weight is 2020 g/mol. The maximum Gasteiger partial charge on any atom is 0.356 e. The first-order valence-electron chi connectivity index (χ1n) is 26.1. The van der Waals surface area contributed by atoms with E-state index in [0.29, 0.717) is 22.8 Å². The minimum atomic E-state index is -0.990. The summed E-state index contributed by atoms with van der Waals surface area (Å²) in [6, 6.07) is 36.5. The summed E-state index contributed by atoms with van der Waals surface area (Å²) in [7, 11) is 3.42. The molecule has 9 aromatic heterocycles. The van der Waals surface area contributed by atoms with E-state index in [-0.39, 0.29) is 120 Å². The van der Waals surface area contributed by atoms with E-state index in [4.69, 9.17) is 21.9 Å². The molecule has 11 aromatic rings. The first kappa shape index (κ1) is 83.9. The zero-order valence-electron chi connectivity index (χ0n) is 50.6. The molecule has 502 valence electrons. The van der Waals surface area contributed by atoms with Crippen LogP contribution in [0.15, 0.2) is 140 Å². The van der Waals surface area contributed by atoms with E-state index < -0.39 is 70.7 Å². The second-order valence-corrected chi connectivity index (χ2v) is 18.7. The molecule has 0 atom stereocenters. The number of aromatic carboxylic acids is 3. The van der Waals surface area contributed by atoms with E-state index in [9.17, 15) is 49.5 Å². The molecule has 0 aliphatic heterocycles. The van der Waals surface area contributed by atoms with E-state index in [0.717, 1.165) is 64.0 Å². The molecule has 9 heterocycles. The third-order valence-electron chi connectivity index (χ3n) is 11.7. The number of carbonyl (C=O) groups is 3. The van der Waals surface area contributed by atoms with E-state index in [1.54, 1.807) is 101 Å². The van der Waals surface area contributed by atoms with Gasteiger partial charge in [0.25, 0.3) is 0 Å². The Kier molecular flexibility index (Phi) is 36.1. The third kappa shape index (κ3) is 26.3. The molecule has 11 rings (SSSR count). The Morgan fingerprint density at radius 2 is 0.811 bits per heavy atom. The molecule has 95 heavy (non-hydrogen) atoms. The van der Waals surface area contributed by atoms with Gasteiger partial charge in [-0.1, -0.05) is 87.5 Å². The number of aryl methyl sites for hydroxylation is 8. The van der Waals surface area contributed by atoms with Gasteiger partial charge in [-0.05, 0) is 113 Å². The number of carboxylic acids is 3. The van der Waals surface area contributed by atoms with E-state index in [1.165, 1.54) is 40.0 Å². The molecule has 0 fully saturated rings. The molecule has 0 saturated heterocycles. The molecule has 4 radical (unpaired) electrons. The molecule has 0 aliphatic rings. The number of carboxylic acid groups (broad SMARTS) is 3. The molecule has 18 nitrogen and oxygen atoms in total. The number of benzene rings is 2. The fourth-order valence-electron chi connectivity index (χ4n) is 7.04. The number of halogens is 8. The van der Waals surface area contributed by atoms with Crippen molar-refractivity contribution in [2.75, 3.05) is 0 Å². The Morgan fingerprint density at radius 3 is 1.11 bits per heavy atom. The summed E-state index contributed by atoms with van der Waals surface area (Å²) in [6.45, 7) is 17.8. The van der Waals surface area contributed by atoms with Crippen molar-refractivity contribution in [2.24, 2.45) is 14.1 Å². The largest absolute Gasteiger partial charge is 0.477 e. The van der Waals surface area contributed by atoms with Gasteiger partial charge in [-0.15, -0.1) is 42.0 Å². The second kappa shape index (κ2) is 40.8. The van der Waals surface area contributed by atoms with Gasteiger partial charge in [0.2, 0.25) is 0 Å². The Morgan fingerprint density at radius 1 is 0.442 bits per heavy atom. The zero-order valence-corrected chi connectivity index (χ0v) is 60.1. The van der Waals surface area contributed by atoms with Gasteiger partial charge < -0.3 is 35.3 Å². The molecule has 0 bridgehead atoms. The Labute approximate surface area is 593 Å². The van der Waals surface area contributed by atoms with Crippen molar-refractivity contribution in [3.8, 4) is 45.0 Å². The minimum Gasteiger partial charge on any atom is -0.477 e. The van der Waals surface area contributed by atoms with Crippen LogP contribution in [0.1, 0.15) is 65.1 Å². The SMILES string of the molecule is Cc1cc(C(=O)O)nn1C.Cc1cc(C(=O)O)nn1C.Cc1ccnc(-c2[c-]cc(F)cc2F)c1.Cc1ccnc(-c2[c-]cc(F)nc2F)c1.Cc1ccnc(-c2[c-]cc(F)nc2F)c1.O=C(O)c1ccccn1.[C-]#[N+]c1c(F)c[c-]c(-c2cc(C)ccn2)c1F.[Ir].[Ir].[Ir].[Ir]. The fraction of sp³-hybridized carbons (Fsp3) is 0.123. The van der Waals surface area contributed by atoms with Crippen molar-refractivity contribution >= 4 is 23.6 Å². The van der Waals surface area contributed by atoms with Crippen LogP contribution >= 0.6 is 0 Å². The van der Waals surface area contributed by atoms with Crippen molar-refractivity contribution < 1.29 is 145 Å². The summed E-state index contributed by atoms with van der Waals surface area (Å²) in [4.78, 5) is 59.2. The van der Waals surface area contributed by atoms with Crippen molar-refractivity contribution in [3.05, 3.63) is 274 Å². The summed E-state index contributed by atoms with van der Waals surface area (Å²) in [5.74, 6) is -9.62. The van der Waals surface area contributed by atoms with Crippen LogP contribution in [0.3, 0.4) is 0 Å². The number of hydrogen-bond donors (Lipinski definition) is 3. The Bertz CT molecular complexity index is 4080. The van der Waals surface area contributed by atoms with Crippen molar-refractivity contribution in [1.82, 2.24) is 54.4 Å². The normalized spacial score (nSPS) is 9.59. The maximum absolute atomic E-state index is 13.8. The van der Waals surface area contributed by atoms with Gasteiger partial charge in [-0.25, -0.2) is 36.9 Å². The summed E-state index contributed by atoms with van der Waals surface area (Å²) >= 11 is 0. The van der Waals surface area contributed by atoms with Crippen LogP contribution in [0.25, 0.3) is 49.9 Å². The minimum absolute atomic E-state index is 0. The topological polar surface area (TPSA) is 242 Å². The monoisotopic (exact) mass is 2020 g/mol. The maximum atomic E-state index is 13.8. The van der Waals surface area contributed by atoms with E-state index in [1.807, 2.05) is 33.8 Å². The molecule has 0 amide bonds. The number of aromatic nitrogens is 11. The van der Waals surface area contributed by atoms with Crippen molar-refractivity contribution in [2.45, 2.75) is 41.5 Å². The van der Waals surface area contributed by atoms with Gasteiger partial charge in [0.15, 0.2) is 17.1 Å². The smallest absolute Gasteiger partial charge is 0.356 e. The molecule has 2 aromatic carbocycles. The first-order valence-corrected chi connectivity index (χ1v) is 26.1. The number of hydrogen-bond acceptors (Lipinski definition) is 12. The first-order chi connectivity index (χ1) is 43.1. The molecule has 0 spiro atoms. The molecule has 0 aliphatic carbocycles. The number of rotatable bonds is 7. The van der Waals surface area contributed by atoms with Crippen molar-refractivity contribution in [3.63, 3.8) is 0 Å². The van der Waals surface area contributed by atoms with Gasteiger partial charge in [0, 0.05) is 160 Å². The molecule has 0 unspecified atom stereocenters. The molecule has 30 heteroatoms. The fourth-order valence-corrected chi connectivity index (χ4v) is 7.04. The van der Waals surface area contributed by atoms with Crippen LogP contribution in [0.2, 0.25) is 0 Å². The Hall–Kier alpha value is -9.15. The molecule has 3 N–H and O–H groups in total. The van der Waals surface area contributed by atoms with Crippen molar-refractivity contribution in [1.29, 1.82) is 0 Å². The van der Waals surface area contributed by atoms with Crippen LogP contribution < -0.4 is 0 Å². The summed E-state index contributed by atoms with van der Waals surface area (Å²) in [5, 5.41) is 32.7. The van der Waals surface area contributed by atoms with Crippen LogP contribution in [0.5, 0.6) is 0 Å². The average Bonchev–Trinajstić information content (AvgIpc) is 1.73. The van der Waals surface area contributed by atoms with Gasteiger partial charge >= 0.3 is 17.9 Å². The van der Waals surface area contributed by atoms with Crippen LogP contribution in [0.4, 0.5) is 40.8 Å². The quantitative estimate of drug-likeness (QED) is 0.0763. The predicted octanol–water partition coefficient (Wildman–Crippen LogP) is 13.5. The summed E-state index contributed by atoms with van der Waals surface area (Å²) in [5.41, 5.74) is 7.08. The van der Waals surface area contributed by atoms with Gasteiger partial charge in [-0.3, -0.25) is 41.7 Å². The number of pyridine rings is 7. The van der Waals surface area contributed by atoms with Crippen LogP contribution in [-0.2, 0) is 94.5 Å². The zero-order chi connectivity index (χ0) is 67.1. The molecular formula is C65H50F8Ir4N12O6-4.